The maximum Gasteiger partial charge on any atom is 0.306 e. The number of rotatable bonds is 8. The molecule has 1 aromatic carbocycles. The first-order valence-corrected chi connectivity index (χ1v) is 8.82. The van der Waals surface area contributed by atoms with E-state index < -0.39 is 11.5 Å². The van der Waals surface area contributed by atoms with Crippen molar-refractivity contribution in [3.05, 3.63) is 46.8 Å². The number of amides is 1. The molecule has 1 aromatic heterocycles. The minimum absolute atomic E-state index is 0.204. The van der Waals surface area contributed by atoms with Crippen molar-refractivity contribution in [2.45, 2.75) is 45.6 Å². The molecule has 7 heteroatoms. The van der Waals surface area contributed by atoms with E-state index in [-0.39, 0.29) is 18.7 Å². The molecule has 2 rings (SSSR count). The Balaban J connectivity index is 2.17. The van der Waals surface area contributed by atoms with Crippen LogP contribution in [0.5, 0.6) is 5.75 Å². The summed E-state index contributed by atoms with van der Waals surface area (Å²) in [6.07, 6.45) is 0.585. The van der Waals surface area contributed by atoms with Crippen LogP contribution in [-0.2, 0) is 28.6 Å². The molecule has 0 bridgehead atoms. The van der Waals surface area contributed by atoms with E-state index in [0.29, 0.717) is 17.7 Å². The molecule has 2 aromatic rings. The lowest BCUT2D eigenvalue weighted by Crippen LogP contribution is -2.45. The van der Waals surface area contributed by atoms with Crippen molar-refractivity contribution in [2.75, 3.05) is 7.11 Å². The summed E-state index contributed by atoms with van der Waals surface area (Å²) in [6.45, 7) is 5.61. The van der Waals surface area contributed by atoms with Crippen molar-refractivity contribution >= 4 is 11.9 Å². The van der Waals surface area contributed by atoms with Crippen LogP contribution >= 0.6 is 0 Å². The van der Waals surface area contributed by atoms with Gasteiger partial charge in [-0.3, -0.25) is 14.3 Å². The zero-order valence-electron chi connectivity index (χ0n) is 16.5. The monoisotopic (exact) mass is 373 g/mol. The summed E-state index contributed by atoms with van der Waals surface area (Å²) in [5, 5.41) is 16.6. The summed E-state index contributed by atoms with van der Waals surface area (Å²) in [5.41, 5.74) is 2.64. The lowest BCUT2D eigenvalue weighted by atomic mass is 9.88. The molecule has 27 heavy (non-hydrogen) atoms. The average molecular weight is 373 g/mol. The topological polar surface area (TPSA) is 93.4 Å². The molecule has 0 aliphatic carbocycles. The SMILES string of the molecule is COc1cccc(C(C)(CC(=O)O)NC(=O)CCc2c(C)nn(C)c2C)c1. The molecule has 1 amide bonds. The highest BCUT2D eigenvalue weighted by Crippen LogP contribution is 2.28. The number of aliphatic carboxylic acids is 1. The first-order chi connectivity index (χ1) is 12.7. The Bertz CT molecular complexity index is 844. The number of carboxylic acid groups (broad SMARTS) is 1. The maximum atomic E-state index is 12.6. The van der Waals surface area contributed by atoms with Crippen molar-refractivity contribution in [1.29, 1.82) is 0 Å². The van der Waals surface area contributed by atoms with Gasteiger partial charge in [-0.2, -0.15) is 5.10 Å². The smallest absolute Gasteiger partial charge is 0.306 e. The Morgan fingerprint density at radius 2 is 2.04 bits per heavy atom. The van der Waals surface area contributed by atoms with Crippen molar-refractivity contribution in [3.63, 3.8) is 0 Å². The van der Waals surface area contributed by atoms with Crippen molar-refractivity contribution in [1.82, 2.24) is 15.1 Å². The summed E-state index contributed by atoms with van der Waals surface area (Å²) in [4.78, 5) is 24.0. The van der Waals surface area contributed by atoms with Gasteiger partial charge < -0.3 is 15.2 Å². The molecule has 1 unspecified atom stereocenters. The third-order valence-electron chi connectivity index (χ3n) is 4.89. The maximum absolute atomic E-state index is 12.6. The highest BCUT2D eigenvalue weighted by atomic mass is 16.5. The van der Waals surface area contributed by atoms with Crippen molar-refractivity contribution < 1.29 is 19.4 Å². The van der Waals surface area contributed by atoms with Crippen LogP contribution in [0.15, 0.2) is 24.3 Å². The van der Waals surface area contributed by atoms with Crippen LogP contribution in [-0.4, -0.2) is 33.9 Å². The van der Waals surface area contributed by atoms with Gasteiger partial charge in [-0.1, -0.05) is 12.1 Å². The summed E-state index contributed by atoms with van der Waals surface area (Å²) in [6, 6.07) is 7.10. The number of nitrogens with one attached hydrogen (secondary N) is 1. The van der Waals surface area contributed by atoms with Gasteiger partial charge in [-0.05, 0) is 50.5 Å². The van der Waals surface area contributed by atoms with Gasteiger partial charge in [0.1, 0.15) is 5.75 Å². The second-order valence-corrected chi connectivity index (χ2v) is 6.96. The molecular weight excluding hydrogens is 346 g/mol. The fourth-order valence-electron chi connectivity index (χ4n) is 3.28. The number of ether oxygens (including phenoxy) is 1. The number of aromatic nitrogens is 2. The summed E-state index contributed by atoms with van der Waals surface area (Å²) < 4.78 is 7.02. The molecule has 0 saturated carbocycles. The first-order valence-electron chi connectivity index (χ1n) is 8.82. The molecule has 0 fully saturated rings. The molecule has 0 aliphatic rings. The van der Waals surface area contributed by atoms with Crippen molar-refractivity contribution in [2.24, 2.45) is 7.05 Å². The third-order valence-corrected chi connectivity index (χ3v) is 4.89. The van der Waals surface area contributed by atoms with E-state index in [1.54, 1.807) is 43.0 Å². The lowest BCUT2D eigenvalue weighted by Gasteiger charge is -2.30. The van der Waals surface area contributed by atoms with Crippen LogP contribution in [0.3, 0.4) is 0 Å². The average Bonchev–Trinajstić information content (AvgIpc) is 2.84. The third kappa shape index (κ3) is 4.87. The fourth-order valence-corrected chi connectivity index (χ4v) is 3.28. The van der Waals surface area contributed by atoms with Crippen molar-refractivity contribution in [3.8, 4) is 5.75 Å². The summed E-state index contributed by atoms with van der Waals surface area (Å²) in [5.74, 6) is -0.580. The Morgan fingerprint density at radius 3 is 2.59 bits per heavy atom. The second-order valence-electron chi connectivity index (χ2n) is 6.96. The van der Waals surface area contributed by atoms with E-state index >= 15 is 0 Å². The molecule has 7 nitrogen and oxygen atoms in total. The fraction of sp³-hybridized carbons (Fsp3) is 0.450. The molecule has 2 N–H and O–H groups in total. The molecule has 1 atom stereocenters. The van der Waals surface area contributed by atoms with Gasteiger partial charge in [0.15, 0.2) is 0 Å². The number of carbonyl (C=O) groups is 2. The van der Waals surface area contributed by atoms with Gasteiger partial charge in [-0.15, -0.1) is 0 Å². The molecule has 0 spiro atoms. The Hall–Kier alpha value is -2.83. The van der Waals surface area contributed by atoms with E-state index in [9.17, 15) is 14.7 Å². The van der Waals surface area contributed by atoms with Crippen LogP contribution in [0.25, 0.3) is 0 Å². The predicted octanol–water partition coefficient (Wildman–Crippen LogP) is 2.48. The van der Waals surface area contributed by atoms with Gasteiger partial charge in [0, 0.05) is 19.2 Å². The number of hydrogen-bond acceptors (Lipinski definition) is 4. The van der Waals surface area contributed by atoms with E-state index in [1.807, 2.05) is 20.9 Å². The molecule has 0 saturated heterocycles. The number of carbonyl (C=O) groups excluding carboxylic acids is 1. The number of methoxy groups -OCH3 is 1. The minimum atomic E-state index is -1.03. The molecule has 1 heterocycles. The number of hydrogen-bond donors (Lipinski definition) is 2. The normalized spacial score (nSPS) is 13.1. The second kappa shape index (κ2) is 8.24. The molecular formula is C20H27N3O4. The van der Waals surface area contributed by atoms with Gasteiger partial charge >= 0.3 is 5.97 Å². The quantitative estimate of drug-likeness (QED) is 0.741. The van der Waals surface area contributed by atoms with Crippen LogP contribution in [0, 0.1) is 13.8 Å². The van der Waals surface area contributed by atoms with Gasteiger partial charge in [0.2, 0.25) is 5.91 Å². The van der Waals surface area contributed by atoms with Crippen LogP contribution in [0.1, 0.15) is 42.3 Å². The van der Waals surface area contributed by atoms with E-state index in [0.717, 1.165) is 17.0 Å². The number of benzene rings is 1. The zero-order chi connectivity index (χ0) is 20.2. The Kier molecular flexibility index (Phi) is 6.25. The number of carboxylic acids is 1. The van der Waals surface area contributed by atoms with Gasteiger partial charge in [0.25, 0.3) is 0 Å². The number of aryl methyl sites for hydroxylation is 2. The van der Waals surface area contributed by atoms with E-state index in [2.05, 4.69) is 10.4 Å². The van der Waals surface area contributed by atoms with Crippen LogP contribution < -0.4 is 10.1 Å². The molecule has 0 radical (unpaired) electrons. The molecule has 146 valence electrons. The Morgan fingerprint density at radius 1 is 1.33 bits per heavy atom. The van der Waals surface area contributed by atoms with Gasteiger partial charge in [0.05, 0.1) is 24.8 Å². The molecule has 0 aliphatic heterocycles. The van der Waals surface area contributed by atoms with Gasteiger partial charge in [-0.25, -0.2) is 0 Å². The summed E-state index contributed by atoms with van der Waals surface area (Å²) in [7, 11) is 3.42. The zero-order valence-corrected chi connectivity index (χ0v) is 16.5. The summed E-state index contributed by atoms with van der Waals surface area (Å²) >= 11 is 0. The Labute approximate surface area is 159 Å². The highest BCUT2D eigenvalue weighted by Gasteiger charge is 2.32. The van der Waals surface area contributed by atoms with E-state index in [1.165, 1.54) is 0 Å². The number of nitrogens with zero attached hydrogens (tertiary/aromatic N) is 2. The van der Waals surface area contributed by atoms with E-state index in [4.69, 9.17) is 4.74 Å². The standard InChI is InChI=1S/C20H27N3O4/c1-13-17(14(2)23(4)22-13)9-10-18(24)21-20(3,12-19(25)26)15-7-6-8-16(11-15)27-5/h6-8,11H,9-10,12H2,1-5H3,(H,21,24)(H,25,26). The lowest BCUT2D eigenvalue weighted by molar-refractivity contribution is -0.139. The van der Waals surface area contributed by atoms with Crippen LogP contribution in [0.4, 0.5) is 0 Å². The van der Waals surface area contributed by atoms with Crippen LogP contribution in [0.2, 0.25) is 0 Å². The largest absolute Gasteiger partial charge is 0.497 e. The first kappa shape index (κ1) is 20.5. The minimum Gasteiger partial charge on any atom is -0.497 e. The predicted molar refractivity (Wildman–Crippen MR) is 102 cm³/mol. The highest BCUT2D eigenvalue weighted by molar-refractivity contribution is 5.79.